The Labute approximate surface area is 204 Å². The first-order valence-corrected chi connectivity index (χ1v) is 13.7. The van der Waals surface area contributed by atoms with Gasteiger partial charge in [0.1, 0.15) is 11.5 Å². The number of rotatable bonds is 9. The van der Waals surface area contributed by atoms with Crippen molar-refractivity contribution in [1.29, 1.82) is 0 Å². The molecule has 0 aliphatic carbocycles. The lowest BCUT2D eigenvalue weighted by Gasteiger charge is -2.27. The number of thiazole rings is 1. The molecule has 3 aromatic rings. The van der Waals surface area contributed by atoms with Crippen molar-refractivity contribution in [2.24, 2.45) is 0 Å². The van der Waals surface area contributed by atoms with Gasteiger partial charge in [0.15, 0.2) is 15.0 Å². The number of methoxy groups -OCH3 is 1. The van der Waals surface area contributed by atoms with Crippen LogP contribution in [0, 0.1) is 6.92 Å². The molecular formula is C24H29N3O5S2. The summed E-state index contributed by atoms with van der Waals surface area (Å²) in [5, 5.41) is 0.495. The fourth-order valence-corrected chi connectivity index (χ4v) is 6.00. The van der Waals surface area contributed by atoms with E-state index in [9.17, 15) is 13.2 Å². The van der Waals surface area contributed by atoms with Crippen LogP contribution in [0.15, 0.2) is 47.4 Å². The van der Waals surface area contributed by atoms with E-state index >= 15 is 0 Å². The van der Waals surface area contributed by atoms with E-state index in [0.717, 1.165) is 29.9 Å². The van der Waals surface area contributed by atoms with Gasteiger partial charge in [-0.2, -0.15) is 0 Å². The topological polar surface area (TPSA) is 89.0 Å². The lowest BCUT2D eigenvalue weighted by Crippen LogP contribution is -2.40. The molecule has 0 atom stereocenters. The van der Waals surface area contributed by atoms with Gasteiger partial charge in [0.25, 0.3) is 0 Å². The molecule has 2 heterocycles. The Morgan fingerprint density at radius 3 is 2.62 bits per heavy atom. The molecule has 0 unspecified atom stereocenters. The molecule has 0 spiro atoms. The number of carbonyl (C=O) groups excluding carboxylic acids is 1. The molecule has 0 saturated carbocycles. The quantitative estimate of drug-likeness (QED) is 0.443. The molecule has 1 aliphatic rings. The smallest absolute Gasteiger partial charge is 0.244 e. The van der Waals surface area contributed by atoms with Crippen molar-refractivity contribution in [1.82, 2.24) is 9.88 Å². The van der Waals surface area contributed by atoms with Crippen LogP contribution in [0.25, 0.3) is 10.2 Å². The Morgan fingerprint density at radius 2 is 1.91 bits per heavy atom. The van der Waals surface area contributed by atoms with Crippen LogP contribution >= 0.6 is 11.3 Å². The number of hydrogen-bond donors (Lipinski definition) is 0. The summed E-state index contributed by atoms with van der Waals surface area (Å²) in [7, 11) is -2.19. The van der Waals surface area contributed by atoms with Crippen LogP contribution in [0.1, 0.15) is 12.0 Å². The Morgan fingerprint density at radius 1 is 1.18 bits per heavy atom. The monoisotopic (exact) mass is 503 g/mol. The standard InChI is InChI=1S/C24H29N3O5S2/c1-18-4-7-20(8-5-18)34(29,30)17-23(28)27(11-3-10-26-12-14-32-15-13-26)24-25-21-16-19(31-2)6-9-22(21)33-24/h4-9,16H,3,10-15,17H2,1-2H3. The van der Waals surface area contributed by atoms with E-state index in [-0.39, 0.29) is 4.90 Å². The molecule has 0 radical (unpaired) electrons. The van der Waals surface area contributed by atoms with Gasteiger partial charge >= 0.3 is 0 Å². The molecule has 1 aliphatic heterocycles. The highest BCUT2D eigenvalue weighted by Crippen LogP contribution is 2.31. The zero-order chi connectivity index (χ0) is 24.1. The number of nitrogens with zero attached hydrogens (tertiary/aromatic N) is 3. The number of carbonyl (C=O) groups is 1. The summed E-state index contributed by atoms with van der Waals surface area (Å²) in [5.74, 6) is -0.405. The van der Waals surface area contributed by atoms with Crippen LogP contribution in [0.5, 0.6) is 5.75 Å². The second kappa shape index (κ2) is 10.8. The third kappa shape index (κ3) is 5.93. The molecular weight excluding hydrogens is 474 g/mol. The van der Waals surface area contributed by atoms with Crippen molar-refractivity contribution >= 4 is 42.4 Å². The van der Waals surface area contributed by atoms with Crippen LogP contribution in [-0.2, 0) is 19.4 Å². The number of aromatic nitrogens is 1. The first-order chi connectivity index (χ1) is 16.4. The van der Waals surface area contributed by atoms with Crippen molar-refractivity contribution in [3.05, 3.63) is 48.0 Å². The largest absolute Gasteiger partial charge is 0.497 e. The van der Waals surface area contributed by atoms with Crippen LogP contribution < -0.4 is 9.64 Å². The van der Waals surface area contributed by atoms with Gasteiger partial charge in [-0.05, 0) is 37.6 Å². The molecule has 1 saturated heterocycles. The fraction of sp³-hybridized carbons (Fsp3) is 0.417. The lowest BCUT2D eigenvalue weighted by molar-refractivity contribution is -0.116. The molecule has 10 heteroatoms. The fourth-order valence-electron chi connectivity index (χ4n) is 3.81. The summed E-state index contributed by atoms with van der Waals surface area (Å²) < 4.78 is 37.5. The zero-order valence-electron chi connectivity index (χ0n) is 19.4. The van der Waals surface area contributed by atoms with Gasteiger partial charge in [-0.15, -0.1) is 0 Å². The minimum atomic E-state index is -3.78. The van der Waals surface area contributed by atoms with Crippen LogP contribution in [0.2, 0.25) is 0 Å². The maximum Gasteiger partial charge on any atom is 0.244 e. The third-order valence-corrected chi connectivity index (χ3v) is 8.45. The summed E-state index contributed by atoms with van der Waals surface area (Å²) in [5.41, 5.74) is 1.67. The molecule has 2 aromatic carbocycles. The van der Waals surface area contributed by atoms with Crippen molar-refractivity contribution in [2.75, 3.05) is 57.2 Å². The van der Waals surface area contributed by atoms with Gasteiger partial charge in [-0.25, -0.2) is 13.4 Å². The minimum Gasteiger partial charge on any atom is -0.497 e. The number of benzene rings is 2. The average Bonchev–Trinajstić information content (AvgIpc) is 3.25. The number of anilines is 1. The lowest BCUT2D eigenvalue weighted by atomic mass is 10.2. The van der Waals surface area contributed by atoms with E-state index in [1.807, 2.05) is 25.1 Å². The van der Waals surface area contributed by atoms with E-state index in [4.69, 9.17) is 9.47 Å². The number of fused-ring (bicyclic) bond motifs is 1. The Bertz CT molecular complexity index is 1240. The maximum atomic E-state index is 13.3. The molecule has 1 aromatic heterocycles. The third-order valence-electron chi connectivity index (χ3n) is 5.77. The number of sulfone groups is 1. The average molecular weight is 504 g/mol. The van der Waals surface area contributed by atoms with E-state index in [0.29, 0.717) is 42.6 Å². The van der Waals surface area contributed by atoms with Gasteiger partial charge in [-0.1, -0.05) is 29.0 Å². The number of amides is 1. The summed E-state index contributed by atoms with van der Waals surface area (Å²) in [4.78, 5) is 21.9. The van der Waals surface area contributed by atoms with E-state index in [1.165, 1.54) is 16.2 Å². The summed E-state index contributed by atoms with van der Waals surface area (Å²) in [6.07, 6.45) is 0.704. The predicted molar refractivity (Wildman–Crippen MR) is 134 cm³/mol. The second-order valence-electron chi connectivity index (χ2n) is 8.26. The number of aryl methyl sites for hydroxylation is 1. The number of morpholine rings is 1. The summed E-state index contributed by atoms with van der Waals surface area (Å²) in [6, 6.07) is 12.1. The molecule has 4 rings (SSSR count). The van der Waals surface area contributed by atoms with Gasteiger partial charge < -0.3 is 9.47 Å². The molecule has 34 heavy (non-hydrogen) atoms. The normalized spacial score (nSPS) is 14.9. The van der Waals surface area contributed by atoms with Gasteiger partial charge in [0.2, 0.25) is 5.91 Å². The molecule has 0 N–H and O–H groups in total. The molecule has 182 valence electrons. The number of ether oxygens (including phenoxy) is 2. The van der Waals surface area contributed by atoms with Crippen molar-refractivity contribution in [3.63, 3.8) is 0 Å². The Hall–Kier alpha value is -2.53. The van der Waals surface area contributed by atoms with Crippen LogP contribution in [-0.4, -0.2) is 76.5 Å². The van der Waals surface area contributed by atoms with E-state index < -0.39 is 21.5 Å². The second-order valence-corrected chi connectivity index (χ2v) is 11.3. The SMILES string of the molecule is COc1ccc2sc(N(CCCN3CCOCC3)C(=O)CS(=O)(=O)c3ccc(C)cc3)nc2c1. The molecule has 1 fully saturated rings. The summed E-state index contributed by atoms with van der Waals surface area (Å²) >= 11 is 1.37. The first kappa shape index (κ1) is 24.6. The predicted octanol–water partition coefficient (Wildman–Crippen LogP) is 3.14. The first-order valence-electron chi connectivity index (χ1n) is 11.2. The molecule has 8 nitrogen and oxygen atoms in total. The minimum absolute atomic E-state index is 0.147. The zero-order valence-corrected chi connectivity index (χ0v) is 21.0. The maximum absolute atomic E-state index is 13.3. The van der Waals surface area contributed by atoms with Crippen molar-refractivity contribution < 1.29 is 22.7 Å². The Balaban J connectivity index is 1.55. The van der Waals surface area contributed by atoms with E-state index in [1.54, 1.807) is 31.4 Å². The highest BCUT2D eigenvalue weighted by Gasteiger charge is 2.27. The van der Waals surface area contributed by atoms with Crippen LogP contribution in [0.3, 0.4) is 0 Å². The van der Waals surface area contributed by atoms with Gasteiger partial charge in [-0.3, -0.25) is 14.6 Å². The van der Waals surface area contributed by atoms with Gasteiger partial charge in [0, 0.05) is 32.2 Å². The van der Waals surface area contributed by atoms with Gasteiger partial charge in [0.05, 0.1) is 35.4 Å². The summed E-state index contributed by atoms with van der Waals surface area (Å²) in [6.45, 7) is 6.20. The Kier molecular flexibility index (Phi) is 7.82. The van der Waals surface area contributed by atoms with Crippen molar-refractivity contribution in [2.45, 2.75) is 18.2 Å². The molecule has 0 bridgehead atoms. The van der Waals surface area contributed by atoms with Crippen molar-refractivity contribution in [3.8, 4) is 5.75 Å². The molecule has 1 amide bonds. The van der Waals surface area contributed by atoms with E-state index in [2.05, 4.69) is 9.88 Å². The van der Waals surface area contributed by atoms with Crippen LogP contribution in [0.4, 0.5) is 5.13 Å². The highest BCUT2D eigenvalue weighted by molar-refractivity contribution is 7.92. The highest BCUT2D eigenvalue weighted by atomic mass is 32.2. The number of hydrogen-bond acceptors (Lipinski definition) is 8.